The summed E-state index contributed by atoms with van der Waals surface area (Å²) in [6.07, 6.45) is 1.20. The van der Waals surface area contributed by atoms with Crippen LogP contribution >= 0.6 is 0 Å². The van der Waals surface area contributed by atoms with Crippen molar-refractivity contribution in [3.63, 3.8) is 0 Å². The summed E-state index contributed by atoms with van der Waals surface area (Å²) in [4.78, 5) is 2.47. The molecule has 0 N–H and O–H groups in total. The van der Waals surface area contributed by atoms with Crippen molar-refractivity contribution in [2.45, 2.75) is 20.3 Å². The quantitative estimate of drug-likeness (QED) is 0.618. The van der Waals surface area contributed by atoms with Crippen LogP contribution in [0.1, 0.15) is 12.5 Å². The topological polar surface area (TPSA) is 3.24 Å². The van der Waals surface area contributed by atoms with E-state index in [-0.39, 0.29) is 0 Å². The SMILES string of the molecule is CBCN(CC)Cc1ccccc1. The standard InChI is InChI=1S/C11H18BN/c1-3-13(10-12-2)9-11-7-5-4-6-8-11/h4-8,12H,3,9-10H2,1-2H3. The second kappa shape index (κ2) is 5.82. The molecule has 0 aliphatic heterocycles. The first kappa shape index (κ1) is 10.3. The average Bonchev–Trinajstić information content (AvgIpc) is 2.19. The lowest BCUT2D eigenvalue weighted by Gasteiger charge is -2.19. The van der Waals surface area contributed by atoms with Crippen LogP contribution in [0.3, 0.4) is 0 Å². The van der Waals surface area contributed by atoms with Crippen LogP contribution in [0.5, 0.6) is 0 Å². The highest BCUT2D eigenvalue weighted by Crippen LogP contribution is 2.02. The first-order chi connectivity index (χ1) is 6.36. The molecule has 0 aliphatic carbocycles. The lowest BCUT2D eigenvalue weighted by molar-refractivity contribution is 0.326. The van der Waals surface area contributed by atoms with Crippen LogP contribution in [-0.4, -0.2) is 25.2 Å². The fourth-order valence-corrected chi connectivity index (χ4v) is 1.51. The minimum absolute atomic E-state index is 1.09. The summed E-state index contributed by atoms with van der Waals surface area (Å²) >= 11 is 0. The third-order valence-electron chi connectivity index (χ3n) is 2.24. The zero-order chi connectivity index (χ0) is 9.52. The van der Waals surface area contributed by atoms with E-state index in [4.69, 9.17) is 0 Å². The number of hydrogen-bond donors (Lipinski definition) is 0. The average molecular weight is 175 g/mol. The molecule has 0 fully saturated rings. The van der Waals surface area contributed by atoms with Crippen molar-refractivity contribution in [1.29, 1.82) is 0 Å². The summed E-state index contributed by atoms with van der Waals surface area (Å²) in [5, 5.41) is 0. The van der Waals surface area contributed by atoms with Gasteiger partial charge in [-0.2, -0.15) is 0 Å². The summed E-state index contributed by atoms with van der Waals surface area (Å²) in [5.41, 5.74) is 1.41. The van der Waals surface area contributed by atoms with Gasteiger partial charge in [-0.25, -0.2) is 0 Å². The number of hydrogen-bond acceptors (Lipinski definition) is 1. The molecule has 0 radical (unpaired) electrons. The Morgan fingerprint density at radius 1 is 1.23 bits per heavy atom. The van der Waals surface area contributed by atoms with Crippen molar-refractivity contribution in [2.24, 2.45) is 0 Å². The van der Waals surface area contributed by atoms with Crippen molar-refractivity contribution >= 4 is 7.28 Å². The van der Waals surface area contributed by atoms with Gasteiger partial charge < -0.3 is 4.90 Å². The lowest BCUT2D eigenvalue weighted by Crippen LogP contribution is -2.26. The van der Waals surface area contributed by atoms with Gasteiger partial charge in [0.05, 0.1) is 0 Å². The molecule has 13 heavy (non-hydrogen) atoms. The summed E-state index contributed by atoms with van der Waals surface area (Å²) < 4.78 is 0. The van der Waals surface area contributed by atoms with Crippen LogP contribution in [0.25, 0.3) is 0 Å². The molecule has 0 saturated heterocycles. The summed E-state index contributed by atoms with van der Waals surface area (Å²) in [5.74, 6) is 0. The largest absolute Gasteiger partial charge is 0.307 e. The minimum Gasteiger partial charge on any atom is -0.307 e. The molecule has 0 aromatic heterocycles. The Balaban J connectivity index is 2.46. The molecular weight excluding hydrogens is 157 g/mol. The Hall–Kier alpha value is -0.755. The highest BCUT2D eigenvalue weighted by molar-refractivity contribution is 6.33. The molecule has 0 amide bonds. The van der Waals surface area contributed by atoms with Crippen molar-refractivity contribution < 1.29 is 0 Å². The Morgan fingerprint density at radius 3 is 2.46 bits per heavy atom. The van der Waals surface area contributed by atoms with Gasteiger partial charge in [0.1, 0.15) is 7.28 Å². The lowest BCUT2D eigenvalue weighted by atomic mass is 9.82. The smallest absolute Gasteiger partial charge is 0.135 e. The second-order valence-corrected chi connectivity index (χ2v) is 3.35. The molecular formula is C11H18BN. The van der Waals surface area contributed by atoms with E-state index in [1.54, 1.807) is 0 Å². The molecule has 0 atom stereocenters. The maximum atomic E-state index is 2.47. The highest BCUT2D eigenvalue weighted by atomic mass is 15.1. The molecule has 1 aromatic rings. The molecule has 0 unspecified atom stereocenters. The predicted molar refractivity (Wildman–Crippen MR) is 60.4 cm³/mol. The monoisotopic (exact) mass is 175 g/mol. The molecule has 0 saturated carbocycles. The van der Waals surface area contributed by atoms with Gasteiger partial charge >= 0.3 is 0 Å². The molecule has 1 nitrogen and oxygen atoms in total. The maximum Gasteiger partial charge on any atom is 0.135 e. The fraction of sp³-hybridized carbons (Fsp3) is 0.455. The van der Waals surface area contributed by atoms with Crippen LogP contribution in [0.4, 0.5) is 0 Å². The molecule has 1 rings (SSSR count). The Morgan fingerprint density at radius 2 is 1.92 bits per heavy atom. The van der Waals surface area contributed by atoms with Crippen LogP contribution in [-0.2, 0) is 6.54 Å². The summed E-state index contributed by atoms with van der Waals surface area (Å²) in [6.45, 7) is 6.68. The minimum atomic E-state index is 1.09. The number of nitrogens with zero attached hydrogens (tertiary/aromatic N) is 1. The van der Waals surface area contributed by atoms with Gasteiger partial charge in [0.25, 0.3) is 0 Å². The Bertz CT molecular complexity index is 223. The van der Waals surface area contributed by atoms with E-state index < -0.39 is 0 Å². The van der Waals surface area contributed by atoms with Gasteiger partial charge in [-0.05, 0) is 18.6 Å². The van der Waals surface area contributed by atoms with Crippen LogP contribution in [0.2, 0.25) is 6.82 Å². The second-order valence-electron chi connectivity index (χ2n) is 3.35. The molecule has 0 heterocycles. The Labute approximate surface area is 82.0 Å². The highest BCUT2D eigenvalue weighted by Gasteiger charge is 2.01. The summed E-state index contributed by atoms with van der Waals surface area (Å²) in [6, 6.07) is 10.7. The number of benzene rings is 1. The van der Waals surface area contributed by atoms with E-state index in [0.717, 1.165) is 13.1 Å². The molecule has 70 valence electrons. The van der Waals surface area contributed by atoms with Gasteiger partial charge in [0, 0.05) is 6.54 Å². The third-order valence-corrected chi connectivity index (χ3v) is 2.24. The van der Waals surface area contributed by atoms with Crippen molar-refractivity contribution in [2.75, 3.05) is 13.0 Å². The van der Waals surface area contributed by atoms with Crippen LogP contribution < -0.4 is 0 Å². The predicted octanol–water partition coefficient (Wildman–Crippen LogP) is 1.95. The van der Waals surface area contributed by atoms with E-state index in [1.165, 1.54) is 19.3 Å². The van der Waals surface area contributed by atoms with E-state index in [1.807, 2.05) is 0 Å². The first-order valence-electron chi connectivity index (χ1n) is 5.13. The zero-order valence-corrected chi connectivity index (χ0v) is 8.66. The molecule has 1 aromatic carbocycles. The van der Waals surface area contributed by atoms with Gasteiger partial charge in [-0.1, -0.05) is 44.1 Å². The van der Waals surface area contributed by atoms with Gasteiger partial charge in [0.15, 0.2) is 0 Å². The van der Waals surface area contributed by atoms with Gasteiger partial charge in [-0.3, -0.25) is 0 Å². The van der Waals surface area contributed by atoms with E-state index in [9.17, 15) is 0 Å². The van der Waals surface area contributed by atoms with Crippen molar-refractivity contribution in [1.82, 2.24) is 4.90 Å². The van der Waals surface area contributed by atoms with E-state index in [2.05, 4.69) is 49.0 Å². The van der Waals surface area contributed by atoms with Gasteiger partial charge in [-0.15, -0.1) is 0 Å². The molecule has 2 heteroatoms. The normalized spacial score (nSPS) is 10.4. The molecule has 0 aliphatic rings. The van der Waals surface area contributed by atoms with Gasteiger partial charge in [0.2, 0.25) is 0 Å². The fourth-order valence-electron chi connectivity index (χ4n) is 1.51. The maximum absolute atomic E-state index is 2.47. The first-order valence-corrected chi connectivity index (χ1v) is 5.13. The van der Waals surface area contributed by atoms with Crippen molar-refractivity contribution in [3.05, 3.63) is 35.9 Å². The molecule has 0 bridgehead atoms. The van der Waals surface area contributed by atoms with Crippen molar-refractivity contribution in [3.8, 4) is 0 Å². The van der Waals surface area contributed by atoms with E-state index >= 15 is 0 Å². The zero-order valence-electron chi connectivity index (χ0n) is 8.66. The number of rotatable bonds is 5. The molecule has 0 spiro atoms. The Kier molecular flexibility index (Phi) is 4.62. The summed E-state index contributed by atoms with van der Waals surface area (Å²) in [7, 11) is 1.24. The van der Waals surface area contributed by atoms with E-state index in [0.29, 0.717) is 0 Å². The van der Waals surface area contributed by atoms with Crippen LogP contribution in [0.15, 0.2) is 30.3 Å². The van der Waals surface area contributed by atoms with Crippen LogP contribution in [0, 0.1) is 0 Å². The third kappa shape index (κ3) is 3.64.